The van der Waals surface area contributed by atoms with E-state index in [-0.39, 0.29) is 0 Å². The molecule has 0 aromatic heterocycles. The maximum Gasteiger partial charge on any atom is 0.159 e. The van der Waals surface area contributed by atoms with E-state index in [0.29, 0.717) is 5.54 Å². The van der Waals surface area contributed by atoms with Crippen molar-refractivity contribution in [3.63, 3.8) is 0 Å². The Hall–Kier alpha value is 0.177. The Bertz CT molecular complexity index is 29.6. The summed E-state index contributed by atoms with van der Waals surface area (Å²) < 4.78 is 0. The van der Waals surface area contributed by atoms with Crippen molar-refractivity contribution in [1.29, 1.82) is 0 Å². The molecule has 44 valence electrons. The van der Waals surface area contributed by atoms with E-state index in [2.05, 4.69) is 13.8 Å². The molecule has 0 radical (unpaired) electrons. The van der Waals surface area contributed by atoms with E-state index in [1.807, 2.05) is 0 Å². The fourth-order valence-corrected chi connectivity index (χ4v) is 1.06. The van der Waals surface area contributed by atoms with Crippen LogP contribution in [0.3, 0.4) is 0 Å². The first kappa shape index (κ1) is 7.18. The van der Waals surface area contributed by atoms with Gasteiger partial charge in [-0.1, -0.05) is 26.7 Å². The molecule has 0 spiro atoms. The SMILES string of the molecule is CCC(CC)[SiH2]O. The summed E-state index contributed by atoms with van der Waals surface area (Å²) in [5.74, 6) is 0. The van der Waals surface area contributed by atoms with E-state index < -0.39 is 9.76 Å². The predicted molar refractivity (Wildman–Crippen MR) is 35.1 cm³/mol. The van der Waals surface area contributed by atoms with Crippen LogP contribution in [0.15, 0.2) is 0 Å². The van der Waals surface area contributed by atoms with E-state index in [1.54, 1.807) is 0 Å². The standard InChI is InChI=1S/C5H14OSi/c1-3-5(4-2)7-6/h5-6H,3-4,7H2,1-2H3. The van der Waals surface area contributed by atoms with Crippen LogP contribution in [0.5, 0.6) is 0 Å². The molecule has 0 aliphatic heterocycles. The molecule has 7 heavy (non-hydrogen) atoms. The van der Waals surface area contributed by atoms with Gasteiger partial charge in [-0.25, -0.2) is 0 Å². The second-order valence-corrected chi connectivity index (χ2v) is 3.38. The molecule has 0 aromatic rings. The maximum atomic E-state index is 8.66. The van der Waals surface area contributed by atoms with Crippen LogP contribution in [0.2, 0.25) is 5.54 Å². The Balaban J connectivity index is 2.99. The highest BCUT2D eigenvalue weighted by Gasteiger charge is 1.98. The summed E-state index contributed by atoms with van der Waals surface area (Å²) in [6.07, 6.45) is 2.33. The zero-order valence-electron chi connectivity index (χ0n) is 5.15. The van der Waals surface area contributed by atoms with Gasteiger partial charge in [0.05, 0.1) is 0 Å². The molecule has 0 bridgehead atoms. The molecule has 0 aliphatic rings. The van der Waals surface area contributed by atoms with Crippen LogP contribution < -0.4 is 0 Å². The second kappa shape index (κ2) is 4.34. The maximum absolute atomic E-state index is 8.66. The van der Waals surface area contributed by atoms with Crippen LogP contribution in [0.4, 0.5) is 0 Å². The molecule has 0 aliphatic carbocycles. The average Bonchev–Trinajstić information content (AvgIpc) is 1.72. The van der Waals surface area contributed by atoms with Crippen molar-refractivity contribution in [2.24, 2.45) is 0 Å². The van der Waals surface area contributed by atoms with Gasteiger partial charge < -0.3 is 4.80 Å². The fourth-order valence-electron chi connectivity index (χ4n) is 0.547. The smallest absolute Gasteiger partial charge is 0.159 e. The summed E-state index contributed by atoms with van der Waals surface area (Å²) >= 11 is 0. The van der Waals surface area contributed by atoms with E-state index >= 15 is 0 Å². The zero-order valence-corrected chi connectivity index (χ0v) is 6.56. The van der Waals surface area contributed by atoms with E-state index in [1.165, 1.54) is 12.8 Å². The topological polar surface area (TPSA) is 20.2 Å². The van der Waals surface area contributed by atoms with Crippen LogP contribution >= 0.6 is 0 Å². The van der Waals surface area contributed by atoms with Crippen molar-refractivity contribution in [3.8, 4) is 0 Å². The molecule has 0 heterocycles. The largest absolute Gasteiger partial charge is 0.438 e. The minimum Gasteiger partial charge on any atom is -0.438 e. The Morgan fingerprint density at radius 3 is 1.86 bits per heavy atom. The fraction of sp³-hybridized carbons (Fsp3) is 1.00. The molecule has 0 saturated carbocycles. The highest BCUT2D eigenvalue weighted by atomic mass is 28.2. The number of hydrogen-bond donors (Lipinski definition) is 1. The third-order valence-corrected chi connectivity index (χ3v) is 3.08. The van der Waals surface area contributed by atoms with Crippen molar-refractivity contribution < 1.29 is 4.80 Å². The van der Waals surface area contributed by atoms with E-state index in [0.717, 1.165) is 0 Å². The van der Waals surface area contributed by atoms with Crippen LogP contribution in [-0.2, 0) is 0 Å². The van der Waals surface area contributed by atoms with Crippen LogP contribution in [0.1, 0.15) is 26.7 Å². The van der Waals surface area contributed by atoms with Crippen molar-refractivity contribution in [3.05, 3.63) is 0 Å². The summed E-state index contributed by atoms with van der Waals surface area (Å²) in [6.45, 7) is 4.27. The van der Waals surface area contributed by atoms with Crippen molar-refractivity contribution >= 4 is 9.76 Å². The molecule has 0 fully saturated rings. The van der Waals surface area contributed by atoms with Gasteiger partial charge in [-0.05, 0) is 5.54 Å². The average molecular weight is 118 g/mol. The van der Waals surface area contributed by atoms with Gasteiger partial charge in [-0.2, -0.15) is 0 Å². The third kappa shape index (κ3) is 2.82. The van der Waals surface area contributed by atoms with Gasteiger partial charge in [0.15, 0.2) is 9.76 Å². The van der Waals surface area contributed by atoms with E-state index in [4.69, 9.17) is 4.80 Å². The first-order valence-electron chi connectivity index (χ1n) is 2.96. The van der Waals surface area contributed by atoms with Gasteiger partial charge in [-0.3, -0.25) is 0 Å². The highest BCUT2D eigenvalue weighted by molar-refractivity contribution is 6.27. The highest BCUT2D eigenvalue weighted by Crippen LogP contribution is 2.10. The lowest BCUT2D eigenvalue weighted by atomic mass is 10.3. The first-order chi connectivity index (χ1) is 3.35. The molecule has 0 amide bonds. The Labute approximate surface area is 47.7 Å². The molecular weight excluding hydrogens is 104 g/mol. The lowest BCUT2D eigenvalue weighted by Gasteiger charge is -2.03. The summed E-state index contributed by atoms with van der Waals surface area (Å²) in [5.41, 5.74) is 0.681. The van der Waals surface area contributed by atoms with Gasteiger partial charge in [-0.15, -0.1) is 0 Å². The number of hydrogen-bond acceptors (Lipinski definition) is 1. The van der Waals surface area contributed by atoms with Crippen molar-refractivity contribution in [2.75, 3.05) is 0 Å². The lowest BCUT2D eigenvalue weighted by molar-refractivity contribution is 0.562. The molecule has 0 unspecified atom stereocenters. The Kier molecular flexibility index (Phi) is 4.45. The first-order valence-corrected chi connectivity index (χ1v) is 4.40. The third-order valence-electron chi connectivity index (χ3n) is 1.41. The zero-order chi connectivity index (χ0) is 5.70. The molecule has 1 N–H and O–H groups in total. The van der Waals surface area contributed by atoms with Crippen LogP contribution in [-0.4, -0.2) is 14.6 Å². The summed E-state index contributed by atoms with van der Waals surface area (Å²) in [5, 5.41) is 0. The molecule has 2 heteroatoms. The lowest BCUT2D eigenvalue weighted by Crippen LogP contribution is -1.98. The van der Waals surface area contributed by atoms with Gasteiger partial charge >= 0.3 is 0 Å². The summed E-state index contributed by atoms with van der Waals surface area (Å²) in [6, 6.07) is 0. The summed E-state index contributed by atoms with van der Waals surface area (Å²) in [7, 11) is -0.672. The molecule has 0 aromatic carbocycles. The normalized spacial score (nSPS) is 12.0. The molecule has 0 rings (SSSR count). The van der Waals surface area contributed by atoms with Crippen molar-refractivity contribution in [2.45, 2.75) is 32.2 Å². The molecule has 0 saturated heterocycles. The van der Waals surface area contributed by atoms with Gasteiger partial charge in [0, 0.05) is 0 Å². The van der Waals surface area contributed by atoms with Crippen LogP contribution in [0, 0.1) is 0 Å². The van der Waals surface area contributed by atoms with Crippen LogP contribution in [0.25, 0.3) is 0 Å². The monoisotopic (exact) mass is 118 g/mol. The number of rotatable bonds is 3. The second-order valence-electron chi connectivity index (χ2n) is 1.87. The quantitative estimate of drug-likeness (QED) is 0.540. The molecule has 1 nitrogen and oxygen atoms in total. The van der Waals surface area contributed by atoms with Gasteiger partial charge in [0.2, 0.25) is 0 Å². The molecule has 0 atom stereocenters. The minimum atomic E-state index is -0.672. The van der Waals surface area contributed by atoms with E-state index in [9.17, 15) is 0 Å². The van der Waals surface area contributed by atoms with Gasteiger partial charge in [0.1, 0.15) is 0 Å². The summed E-state index contributed by atoms with van der Waals surface area (Å²) in [4.78, 5) is 8.66. The minimum absolute atomic E-state index is 0.672. The molecular formula is C5H14OSi. The van der Waals surface area contributed by atoms with Gasteiger partial charge in [0.25, 0.3) is 0 Å². The predicted octanol–water partition coefficient (Wildman–Crippen LogP) is 0.671. The Morgan fingerprint density at radius 1 is 1.43 bits per heavy atom. The van der Waals surface area contributed by atoms with Crippen molar-refractivity contribution in [1.82, 2.24) is 0 Å². The Morgan fingerprint density at radius 2 is 1.86 bits per heavy atom.